The van der Waals surface area contributed by atoms with Crippen LogP contribution in [0.3, 0.4) is 0 Å². The molecule has 1 aromatic rings. The summed E-state index contributed by atoms with van der Waals surface area (Å²) in [6, 6.07) is 5.06. The minimum absolute atomic E-state index is 0.482. The second-order valence-corrected chi connectivity index (χ2v) is 2.94. The summed E-state index contributed by atoms with van der Waals surface area (Å²) in [5, 5.41) is 8.67. The summed E-state index contributed by atoms with van der Waals surface area (Å²) in [7, 11) is 0. The molecule has 1 aromatic carbocycles. The van der Waals surface area contributed by atoms with E-state index in [1.807, 2.05) is 0 Å². The third kappa shape index (κ3) is 1.86. The lowest BCUT2D eigenvalue weighted by Gasteiger charge is -1.96. The highest BCUT2D eigenvalue weighted by atomic mass is 79.9. The second kappa shape index (κ2) is 3.61. The van der Waals surface area contributed by atoms with Crippen molar-refractivity contribution in [3.05, 3.63) is 28.2 Å². The lowest BCUT2D eigenvalue weighted by Crippen LogP contribution is -2.74. The largest absolute Gasteiger partial charge is 0.298 e. The number of halogens is 1. The molecule has 0 amide bonds. The molecule has 0 bridgehead atoms. The normalized spacial score (nSPS) is 9.64. The number of hydrogen-bond donors (Lipinski definition) is 2. The van der Waals surface area contributed by atoms with Crippen molar-refractivity contribution in [2.75, 3.05) is 0 Å². The molecule has 0 saturated carbocycles. The van der Waals surface area contributed by atoms with Gasteiger partial charge in [0.15, 0.2) is 12.0 Å². The molecule has 0 aliphatic carbocycles. The Kier molecular flexibility index (Phi) is 2.76. The lowest BCUT2D eigenvalue weighted by molar-refractivity contribution is -0.825. The number of nitrogens with two attached hydrogens (primary N) is 1. The molecule has 0 atom stereocenters. The molecular formula is C7H7BrNO2+. The van der Waals surface area contributed by atoms with Gasteiger partial charge in [-0.1, -0.05) is 15.9 Å². The summed E-state index contributed by atoms with van der Waals surface area (Å²) in [5.74, 6) is 0. The van der Waals surface area contributed by atoms with Gasteiger partial charge in [-0.05, 0) is 12.1 Å². The fraction of sp³-hybridized carbons (Fsp3) is 0. The zero-order valence-electron chi connectivity index (χ0n) is 5.62. The number of carbonyl (C=O) groups excluding carboxylic acids is 1. The van der Waals surface area contributed by atoms with Gasteiger partial charge < -0.3 is 0 Å². The van der Waals surface area contributed by atoms with Crippen LogP contribution in [0.2, 0.25) is 0 Å². The fourth-order valence-corrected chi connectivity index (χ4v) is 1.14. The van der Waals surface area contributed by atoms with E-state index in [4.69, 9.17) is 5.21 Å². The van der Waals surface area contributed by atoms with Crippen LogP contribution >= 0.6 is 15.9 Å². The summed E-state index contributed by atoms with van der Waals surface area (Å²) in [4.78, 5) is 10.4. The molecule has 58 valence electrons. The van der Waals surface area contributed by atoms with Crippen molar-refractivity contribution in [3.8, 4) is 0 Å². The highest BCUT2D eigenvalue weighted by Gasteiger charge is 2.03. The maximum atomic E-state index is 10.4. The van der Waals surface area contributed by atoms with Crippen molar-refractivity contribution >= 4 is 27.9 Å². The average molecular weight is 217 g/mol. The molecule has 0 fully saturated rings. The monoisotopic (exact) mass is 216 g/mol. The van der Waals surface area contributed by atoms with Crippen LogP contribution in [0.25, 0.3) is 0 Å². The molecule has 11 heavy (non-hydrogen) atoms. The van der Waals surface area contributed by atoms with Gasteiger partial charge in [-0.15, -0.1) is 0 Å². The Labute approximate surface area is 72.1 Å². The molecule has 0 aliphatic heterocycles. The molecule has 0 spiro atoms. The fourth-order valence-electron chi connectivity index (χ4n) is 0.765. The first-order chi connectivity index (χ1) is 5.27. The van der Waals surface area contributed by atoms with Gasteiger partial charge in [0.1, 0.15) is 0 Å². The molecule has 1 rings (SSSR count). The topological polar surface area (TPSA) is 53.9 Å². The van der Waals surface area contributed by atoms with E-state index in [1.54, 1.807) is 18.2 Å². The average Bonchev–Trinajstić information content (AvgIpc) is 2.04. The minimum Gasteiger partial charge on any atom is -0.298 e. The Balaban J connectivity index is 3.16. The van der Waals surface area contributed by atoms with Crippen molar-refractivity contribution in [1.82, 2.24) is 0 Å². The summed E-state index contributed by atoms with van der Waals surface area (Å²) >= 11 is 3.22. The number of aldehydes is 1. The van der Waals surface area contributed by atoms with Crippen molar-refractivity contribution in [2.45, 2.75) is 0 Å². The molecule has 0 aliphatic rings. The van der Waals surface area contributed by atoms with Gasteiger partial charge in [-0.3, -0.25) is 4.79 Å². The molecule has 0 unspecified atom stereocenters. The maximum absolute atomic E-state index is 10.4. The van der Waals surface area contributed by atoms with Crippen LogP contribution in [-0.2, 0) is 0 Å². The van der Waals surface area contributed by atoms with E-state index in [9.17, 15) is 4.79 Å². The summed E-state index contributed by atoms with van der Waals surface area (Å²) in [6.07, 6.45) is 0.703. The number of carbonyl (C=O) groups is 1. The predicted molar refractivity (Wildman–Crippen MR) is 42.9 cm³/mol. The SMILES string of the molecule is O=Cc1ccc(Br)cc1[NH2+]O. The van der Waals surface area contributed by atoms with Crippen LogP contribution in [0.15, 0.2) is 22.7 Å². The third-order valence-corrected chi connectivity index (χ3v) is 1.81. The van der Waals surface area contributed by atoms with Gasteiger partial charge in [-0.25, -0.2) is 5.21 Å². The zero-order chi connectivity index (χ0) is 8.27. The molecule has 3 nitrogen and oxygen atoms in total. The Morgan fingerprint density at radius 2 is 2.27 bits per heavy atom. The third-order valence-electron chi connectivity index (χ3n) is 1.31. The second-order valence-electron chi connectivity index (χ2n) is 2.02. The number of benzene rings is 1. The smallest absolute Gasteiger partial charge is 0.173 e. The molecule has 0 saturated heterocycles. The van der Waals surface area contributed by atoms with Gasteiger partial charge in [0, 0.05) is 10.5 Å². The van der Waals surface area contributed by atoms with Crippen molar-refractivity contribution in [1.29, 1.82) is 0 Å². The zero-order valence-corrected chi connectivity index (χ0v) is 7.21. The maximum Gasteiger partial charge on any atom is 0.173 e. The van der Waals surface area contributed by atoms with Gasteiger partial charge in [0.2, 0.25) is 0 Å². The number of quaternary nitrogens is 1. The van der Waals surface area contributed by atoms with Gasteiger partial charge in [-0.2, -0.15) is 5.48 Å². The molecule has 0 radical (unpaired) electrons. The van der Waals surface area contributed by atoms with E-state index in [0.29, 0.717) is 17.5 Å². The van der Waals surface area contributed by atoms with Crippen LogP contribution < -0.4 is 5.48 Å². The van der Waals surface area contributed by atoms with Gasteiger partial charge >= 0.3 is 0 Å². The van der Waals surface area contributed by atoms with Crippen LogP contribution in [-0.4, -0.2) is 11.5 Å². The minimum atomic E-state index is 0.482. The molecule has 0 heterocycles. The molecule has 3 N–H and O–H groups in total. The van der Waals surface area contributed by atoms with Crippen LogP contribution in [0.1, 0.15) is 10.4 Å². The Morgan fingerprint density at radius 3 is 2.82 bits per heavy atom. The first-order valence-electron chi connectivity index (χ1n) is 3.00. The van der Waals surface area contributed by atoms with Crippen molar-refractivity contribution in [3.63, 3.8) is 0 Å². The first-order valence-corrected chi connectivity index (χ1v) is 3.79. The molecule has 0 aromatic heterocycles. The summed E-state index contributed by atoms with van der Waals surface area (Å²) < 4.78 is 0.836. The highest BCUT2D eigenvalue weighted by molar-refractivity contribution is 9.10. The number of hydrogen-bond acceptors (Lipinski definition) is 2. The van der Waals surface area contributed by atoms with E-state index in [2.05, 4.69) is 15.9 Å². The van der Waals surface area contributed by atoms with E-state index >= 15 is 0 Å². The molecule has 4 heteroatoms. The van der Waals surface area contributed by atoms with Crippen LogP contribution in [0.5, 0.6) is 0 Å². The number of rotatable bonds is 2. The van der Waals surface area contributed by atoms with Gasteiger partial charge in [0.25, 0.3) is 0 Å². The van der Waals surface area contributed by atoms with Gasteiger partial charge in [0.05, 0.1) is 5.56 Å². The Morgan fingerprint density at radius 1 is 1.55 bits per heavy atom. The Bertz CT molecular complexity index is 275. The van der Waals surface area contributed by atoms with E-state index in [-0.39, 0.29) is 0 Å². The summed E-state index contributed by atoms with van der Waals surface area (Å²) in [6.45, 7) is 0. The van der Waals surface area contributed by atoms with E-state index in [0.717, 1.165) is 9.95 Å². The lowest BCUT2D eigenvalue weighted by atomic mass is 10.2. The standard InChI is InChI=1S/C7H6BrNO2/c8-6-2-1-5(4-10)7(3-6)9-11/h1-4,9,11H/p+1. The Hall–Kier alpha value is -0.710. The van der Waals surface area contributed by atoms with E-state index < -0.39 is 0 Å². The first kappa shape index (κ1) is 8.39. The van der Waals surface area contributed by atoms with Crippen molar-refractivity contribution < 1.29 is 15.5 Å². The highest BCUT2D eigenvalue weighted by Crippen LogP contribution is 2.15. The predicted octanol–water partition coefficient (Wildman–Crippen LogP) is 0.846. The van der Waals surface area contributed by atoms with Crippen LogP contribution in [0, 0.1) is 0 Å². The van der Waals surface area contributed by atoms with E-state index in [1.165, 1.54) is 0 Å². The summed E-state index contributed by atoms with van der Waals surface area (Å²) in [5.41, 5.74) is 1.92. The molecular weight excluding hydrogens is 210 g/mol. The quantitative estimate of drug-likeness (QED) is 0.438. The van der Waals surface area contributed by atoms with Crippen LogP contribution in [0.4, 0.5) is 5.69 Å². The van der Waals surface area contributed by atoms with Crippen molar-refractivity contribution in [2.24, 2.45) is 0 Å².